The zero-order valence-corrected chi connectivity index (χ0v) is 8.42. The first-order chi connectivity index (χ1) is 7.56. The van der Waals surface area contributed by atoms with Crippen LogP contribution in [0.1, 0.15) is 12.8 Å². The van der Waals surface area contributed by atoms with Crippen LogP contribution in [0.4, 0.5) is 13.2 Å². The molecule has 0 amide bonds. The van der Waals surface area contributed by atoms with Gasteiger partial charge in [0.25, 0.3) is 0 Å². The van der Waals surface area contributed by atoms with Crippen molar-refractivity contribution in [1.29, 1.82) is 0 Å². The third-order valence-corrected chi connectivity index (χ3v) is 2.66. The maximum Gasteiger partial charge on any atom is 0.168 e. The number of hydrogen-bond acceptors (Lipinski definition) is 2. The molecule has 88 valence electrons. The van der Waals surface area contributed by atoms with Crippen molar-refractivity contribution in [3.63, 3.8) is 0 Å². The normalized spacial score (nSPS) is 24.0. The molecule has 0 radical (unpaired) electrons. The van der Waals surface area contributed by atoms with Gasteiger partial charge in [-0.1, -0.05) is 0 Å². The lowest BCUT2D eigenvalue weighted by atomic mass is 9.83. The molecular formula is C11H11F3O2. The fraction of sp³-hybridized carbons (Fsp3) is 0.455. The minimum atomic E-state index is -1.23. The Morgan fingerprint density at radius 3 is 2.38 bits per heavy atom. The standard InChI is InChI=1S/C11H11F3O2/c12-8-3-10(14)11(4-9(8)13)16-5-6-1-7(15)2-6/h3-4,6-7,15H,1-2,5H2. The molecule has 0 aromatic heterocycles. The van der Waals surface area contributed by atoms with Crippen molar-refractivity contribution >= 4 is 0 Å². The second kappa shape index (κ2) is 4.33. The highest BCUT2D eigenvalue weighted by Gasteiger charge is 2.27. The first-order valence-corrected chi connectivity index (χ1v) is 5.01. The number of ether oxygens (including phenoxy) is 1. The second-order valence-corrected chi connectivity index (χ2v) is 4.00. The van der Waals surface area contributed by atoms with E-state index < -0.39 is 17.5 Å². The highest BCUT2D eigenvalue weighted by molar-refractivity contribution is 5.26. The molecule has 1 aliphatic carbocycles. The molecule has 0 heterocycles. The van der Waals surface area contributed by atoms with Crippen LogP contribution in [0.15, 0.2) is 12.1 Å². The fourth-order valence-electron chi connectivity index (χ4n) is 1.66. The Morgan fingerprint density at radius 1 is 1.12 bits per heavy atom. The van der Waals surface area contributed by atoms with Crippen LogP contribution in [0, 0.1) is 23.4 Å². The summed E-state index contributed by atoms with van der Waals surface area (Å²) in [6, 6.07) is 1.15. The van der Waals surface area contributed by atoms with E-state index >= 15 is 0 Å². The van der Waals surface area contributed by atoms with Gasteiger partial charge in [-0.25, -0.2) is 13.2 Å². The summed E-state index contributed by atoms with van der Waals surface area (Å²) in [6.45, 7) is 0.207. The van der Waals surface area contributed by atoms with Gasteiger partial charge in [-0.05, 0) is 18.8 Å². The molecule has 2 rings (SSSR count). The number of hydrogen-bond donors (Lipinski definition) is 1. The molecule has 0 spiro atoms. The van der Waals surface area contributed by atoms with Gasteiger partial charge in [0.15, 0.2) is 23.2 Å². The van der Waals surface area contributed by atoms with Crippen LogP contribution in [0.3, 0.4) is 0 Å². The monoisotopic (exact) mass is 232 g/mol. The van der Waals surface area contributed by atoms with E-state index in [1.165, 1.54) is 0 Å². The average Bonchev–Trinajstić information content (AvgIpc) is 2.18. The van der Waals surface area contributed by atoms with Gasteiger partial charge in [-0.2, -0.15) is 0 Å². The summed E-state index contributed by atoms with van der Waals surface area (Å²) in [4.78, 5) is 0. The third kappa shape index (κ3) is 2.29. The van der Waals surface area contributed by atoms with E-state index in [0.717, 1.165) is 0 Å². The van der Waals surface area contributed by atoms with Crippen LogP contribution >= 0.6 is 0 Å². The predicted octanol–water partition coefficient (Wildman–Crippen LogP) is 2.25. The summed E-state index contributed by atoms with van der Waals surface area (Å²) in [5.74, 6) is -3.42. The number of rotatable bonds is 3. The van der Waals surface area contributed by atoms with Gasteiger partial charge in [-0.15, -0.1) is 0 Å². The van der Waals surface area contributed by atoms with Gasteiger partial charge in [0.1, 0.15) is 0 Å². The second-order valence-electron chi connectivity index (χ2n) is 4.00. The molecule has 0 atom stereocenters. The molecule has 16 heavy (non-hydrogen) atoms. The van der Waals surface area contributed by atoms with Crippen LogP contribution in [0.2, 0.25) is 0 Å². The highest BCUT2D eigenvalue weighted by atomic mass is 19.2. The topological polar surface area (TPSA) is 29.5 Å². The molecular weight excluding hydrogens is 221 g/mol. The lowest BCUT2D eigenvalue weighted by Gasteiger charge is -2.30. The van der Waals surface area contributed by atoms with Gasteiger partial charge in [0.05, 0.1) is 12.7 Å². The van der Waals surface area contributed by atoms with Gasteiger partial charge in [0.2, 0.25) is 0 Å². The zero-order chi connectivity index (χ0) is 11.7. The van der Waals surface area contributed by atoms with E-state index in [4.69, 9.17) is 9.84 Å². The SMILES string of the molecule is OC1CC(COc2cc(F)c(F)cc2F)C1. The van der Waals surface area contributed by atoms with Crippen molar-refractivity contribution < 1.29 is 23.0 Å². The van der Waals surface area contributed by atoms with Crippen LogP contribution in [0.25, 0.3) is 0 Å². The van der Waals surface area contributed by atoms with Crippen molar-refractivity contribution in [2.45, 2.75) is 18.9 Å². The molecule has 0 aliphatic heterocycles. The Kier molecular flexibility index (Phi) is 3.05. The summed E-state index contributed by atoms with van der Waals surface area (Å²) in [5, 5.41) is 9.01. The van der Waals surface area contributed by atoms with E-state index in [0.29, 0.717) is 25.0 Å². The van der Waals surface area contributed by atoms with Crippen molar-refractivity contribution in [3.8, 4) is 5.75 Å². The summed E-state index contributed by atoms with van der Waals surface area (Å²) in [7, 11) is 0. The van der Waals surface area contributed by atoms with Crippen LogP contribution in [-0.2, 0) is 0 Å². The Hall–Kier alpha value is -1.23. The van der Waals surface area contributed by atoms with Crippen molar-refractivity contribution in [2.75, 3.05) is 6.61 Å². The molecule has 0 bridgehead atoms. The van der Waals surface area contributed by atoms with Crippen LogP contribution < -0.4 is 4.74 Å². The van der Waals surface area contributed by atoms with Gasteiger partial charge < -0.3 is 9.84 Å². The van der Waals surface area contributed by atoms with Crippen molar-refractivity contribution in [3.05, 3.63) is 29.6 Å². The summed E-state index contributed by atoms with van der Waals surface area (Å²) < 4.78 is 43.5. The predicted molar refractivity (Wildman–Crippen MR) is 50.5 cm³/mol. The molecule has 1 aliphatic rings. The van der Waals surface area contributed by atoms with Crippen molar-refractivity contribution in [1.82, 2.24) is 0 Å². The minimum absolute atomic E-state index is 0.155. The summed E-state index contributed by atoms with van der Waals surface area (Å²) in [6.07, 6.45) is 0.889. The van der Waals surface area contributed by atoms with Gasteiger partial charge in [0, 0.05) is 12.1 Å². The lowest BCUT2D eigenvalue weighted by molar-refractivity contribution is 0.0195. The fourth-order valence-corrected chi connectivity index (χ4v) is 1.66. The summed E-state index contributed by atoms with van der Waals surface area (Å²) in [5.41, 5.74) is 0. The van der Waals surface area contributed by atoms with E-state index in [1.54, 1.807) is 0 Å². The quantitative estimate of drug-likeness (QED) is 0.810. The van der Waals surface area contributed by atoms with E-state index in [9.17, 15) is 13.2 Å². The van der Waals surface area contributed by atoms with E-state index in [-0.39, 0.29) is 24.4 Å². The minimum Gasteiger partial charge on any atom is -0.490 e. The van der Waals surface area contributed by atoms with Crippen LogP contribution in [-0.4, -0.2) is 17.8 Å². The number of aliphatic hydroxyl groups excluding tert-OH is 1. The Bertz CT molecular complexity index is 389. The smallest absolute Gasteiger partial charge is 0.168 e. The van der Waals surface area contributed by atoms with E-state index in [2.05, 4.69) is 0 Å². The number of halogens is 3. The molecule has 1 N–H and O–H groups in total. The Labute approximate surface area is 90.7 Å². The lowest BCUT2D eigenvalue weighted by Crippen LogP contribution is -2.32. The number of aliphatic hydroxyl groups is 1. The molecule has 2 nitrogen and oxygen atoms in total. The van der Waals surface area contributed by atoms with E-state index in [1.807, 2.05) is 0 Å². The van der Waals surface area contributed by atoms with Gasteiger partial charge in [-0.3, -0.25) is 0 Å². The highest BCUT2D eigenvalue weighted by Crippen LogP contribution is 2.29. The molecule has 0 saturated heterocycles. The Balaban J connectivity index is 1.96. The molecule has 1 aromatic carbocycles. The maximum absolute atomic E-state index is 13.1. The van der Waals surface area contributed by atoms with Crippen LogP contribution in [0.5, 0.6) is 5.75 Å². The molecule has 0 unspecified atom stereocenters. The van der Waals surface area contributed by atoms with Gasteiger partial charge >= 0.3 is 0 Å². The van der Waals surface area contributed by atoms with Crippen molar-refractivity contribution in [2.24, 2.45) is 5.92 Å². The maximum atomic E-state index is 13.1. The zero-order valence-electron chi connectivity index (χ0n) is 8.42. The Morgan fingerprint density at radius 2 is 1.75 bits per heavy atom. The average molecular weight is 232 g/mol. The molecule has 1 saturated carbocycles. The molecule has 1 fully saturated rings. The summed E-state index contributed by atoms with van der Waals surface area (Å²) >= 11 is 0. The largest absolute Gasteiger partial charge is 0.490 e. The molecule has 1 aromatic rings. The number of benzene rings is 1. The molecule has 5 heteroatoms. The third-order valence-electron chi connectivity index (χ3n) is 2.66. The first-order valence-electron chi connectivity index (χ1n) is 5.01. The first kappa shape index (κ1) is 11.3.